The van der Waals surface area contributed by atoms with Crippen molar-refractivity contribution in [2.45, 2.75) is 39.5 Å². The molecule has 1 heterocycles. The largest absolute Gasteiger partial charge is 0.216 e. The Kier molecular flexibility index (Phi) is 4.30. The van der Waals surface area contributed by atoms with Gasteiger partial charge in [-0.1, -0.05) is 37.6 Å². The third-order valence-corrected chi connectivity index (χ3v) is 3.20. The summed E-state index contributed by atoms with van der Waals surface area (Å²) in [5.41, 5.74) is 3.58. The molecule has 0 fully saturated rings. The molecule has 0 aliphatic carbocycles. The smallest absolute Gasteiger partial charge is 0.186 e. The number of nitrogens with zero attached hydrogens (tertiary/aromatic N) is 4. The van der Waals surface area contributed by atoms with Crippen LogP contribution in [-0.2, 0) is 12.8 Å². The summed E-state index contributed by atoms with van der Waals surface area (Å²) in [4.78, 5) is 0. The molecule has 0 aliphatic heterocycles. The normalized spacial score (nSPS) is 10.4. The number of rotatable bonds is 5. The first kappa shape index (κ1) is 13.3. The summed E-state index contributed by atoms with van der Waals surface area (Å²) >= 11 is 0. The first-order valence-corrected chi connectivity index (χ1v) is 6.74. The fourth-order valence-electron chi connectivity index (χ4n) is 2.10. The Morgan fingerprint density at radius 2 is 1.95 bits per heavy atom. The zero-order valence-electron chi connectivity index (χ0n) is 11.4. The first-order chi connectivity index (χ1) is 9.30. The molecular weight excluding hydrogens is 236 g/mol. The van der Waals surface area contributed by atoms with E-state index >= 15 is 0 Å². The highest BCUT2D eigenvalue weighted by Gasteiger charge is 2.11. The van der Waals surface area contributed by atoms with Crippen molar-refractivity contribution in [3.05, 3.63) is 41.2 Å². The highest BCUT2D eigenvalue weighted by Crippen LogP contribution is 2.15. The molecule has 0 saturated carbocycles. The minimum absolute atomic E-state index is 0.414. The lowest BCUT2D eigenvalue weighted by atomic mass is 10.1. The summed E-state index contributed by atoms with van der Waals surface area (Å²) in [6, 6.07) is 10.4. The summed E-state index contributed by atoms with van der Waals surface area (Å²) in [5, 5.41) is 17.0. The Hall–Kier alpha value is -2.15. The molecule has 4 heteroatoms. The number of benzene rings is 1. The molecule has 0 unspecified atom stereocenters. The van der Waals surface area contributed by atoms with Gasteiger partial charge in [-0.3, -0.25) is 0 Å². The Morgan fingerprint density at radius 3 is 2.53 bits per heavy atom. The van der Waals surface area contributed by atoms with E-state index in [9.17, 15) is 0 Å². The Labute approximate surface area is 113 Å². The third kappa shape index (κ3) is 2.82. The highest BCUT2D eigenvalue weighted by atomic mass is 15.4. The van der Waals surface area contributed by atoms with Gasteiger partial charge in [-0.05, 0) is 37.0 Å². The second-order valence-electron chi connectivity index (χ2n) is 4.53. The molecule has 2 aromatic rings. The van der Waals surface area contributed by atoms with Gasteiger partial charge in [0.15, 0.2) is 5.69 Å². The zero-order valence-corrected chi connectivity index (χ0v) is 11.4. The maximum Gasteiger partial charge on any atom is 0.186 e. The topological polar surface area (TPSA) is 54.5 Å². The highest BCUT2D eigenvalue weighted by molar-refractivity contribution is 5.38. The van der Waals surface area contributed by atoms with Gasteiger partial charge in [-0.25, -0.2) is 4.68 Å². The Morgan fingerprint density at radius 1 is 1.21 bits per heavy atom. The average Bonchev–Trinajstić information content (AvgIpc) is 2.88. The molecule has 0 aliphatic rings. The molecule has 0 saturated heterocycles. The quantitative estimate of drug-likeness (QED) is 0.824. The van der Waals surface area contributed by atoms with E-state index in [0.717, 1.165) is 24.2 Å². The molecule has 0 N–H and O–H groups in total. The van der Waals surface area contributed by atoms with Crippen LogP contribution in [0.5, 0.6) is 0 Å². The second kappa shape index (κ2) is 6.14. The Bertz CT molecular complexity index is 575. The Balaban J connectivity index is 2.27. The van der Waals surface area contributed by atoms with E-state index in [1.54, 1.807) is 4.68 Å². The van der Waals surface area contributed by atoms with E-state index in [2.05, 4.69) is 35.4 Å². The van der Waals surface area contributed by atoms with E-state index in [0.29, 0.717) is 5.69 Å². The van der Waals surface area contributed by atoms with Crippen molar-refractivity contribution >= 4 is 0 Å². The molecule has 1 aromatic carbocycles. The van der Waals surface area contributed by atoms with Crippen LogP contribution in [0, 0.1) is 11.3 Å². The van der Waals surface area contributed by atoms with Crippen LogP contribution < -0.4 is 0 Å². The van der Waals surface area contributed by atoms with Crippen molar-refractivity contribution in [2.75, 3.05) is 0 Å². The number of hydrogen-bond acceptors (Lipinski definition) is 3. The fraction of sp³-hybridized carbons (Fsp3) is 0.400. The molecule has 4 nitrogen and oxygen atoms in total. The van der Waals surface area contributed by atoms with E-state index < -0.39 is 0 Å². The van der Waals surface area contributed by atoms with Gasteiger partial charge in [-0.15, -0.1) is 5.10 Å². The van der Waals surface area contributed by atoms with E-state index in [-0.39, 0.29) is 0 Å². The monoisotopic (exact) mass is 254 g/mol. The van der Waals surface area contributed by atoms with Gasteiger partial charge in [0.25, 0.3) is 0 Å². The van der Waals surface area contributed by atoms with Gasteiger partial charge in [0.05, 0.1) is 11.4 Å². The standard InChI is InChI=1S/C15H18N4/c1-3-5-6-12-7-9-13(10-8-12)19-15(4-2)14(11-16)17-18-19/h7-10H,3-6H2,1-2H3. The van der Waals surface area contributed by atoms with E-state index in [4.69, 9.17) is 5.26 Å². The predicted molar refractivity (Wildman–Crippen MR) is 74.1 cm³/mol. The van der Waals surface area contributed by atoms with Crippen LogP contribution in [-0.4, -0.2) is 15.0 Å². The molecule has 0 spiro atoms. The molecule has 2 rings (SSSR count). The summed E-state index contributed by atoms with van der Waals surface area (Å²) < 4.78 is 1.75. The van der Waals surface area contributed by atoms with E-state index in [1.165, 1.54) is 18.4 Å². The minimum atomic E-state index is 0.414. The van der Waals surface area contributed by atoms with Gasteiger partial charge in [0.2, 0.25) is 0 Å². The lowest BCUT2D eigenvalue weighted by molar-refractivity contribution is 0.764. The van der Waals surface area contributed by atoms with Crippen molar-refractivity contribution in [3.63, 3.8) is 0 Å². The van der Waals surface area contributed by atoms with Gasteiger partial charge in [0.1, 0.15) is 6.07 Å². The molecule has 0 amide bonds. The van der Waals surface area contributed by atoms with Crippen LogP contribution in [0.2, 0.25) is 0 Å². The minimum Gasteiger partial charge on any atom is -0.216 e. The molecule has 0 radical (unpaired) electrons. The third-order valence-electron chi connectivity index (χ3n) is 3.20. The summed E-state index contributed by atoms with van der Waals surface area (Å²) in [5.74, 6) is 0. The maximum absolute atomic E-state index is 8.99. The average molecular weight is 254 g/mol. The number of hydrogen-bond donors (Lipinski definition) is 0. The van der Waals surface area contributed by atoms with Gasteiger partial charge < -0.3 is 0 Å². The van der Waals surface area contributed by atoms with Crippen LogP contribution >= 0.6 is 0 Å². The van der Waals surface area contributed by atoms with Crippen LogP contribution in [0.3, 0.4) is 0 Å². The zero-order chi connectivity index (χ0) is 13.7. The first-order valence-electron chi connectivity index (χ1n) is 6.74. The van der Waals surface area contributed by atoms with Crippen molar-refractivity contribution in [3.8, 4) is 11.8 Å². The number of aryl methyl sites for hydroxylation is 1. The van der Waals surface area contributed by atoms with Gasteiger partial charge in [-0.2, -0.15) is 5.26 Å². The van der Waals surface area contributed by atoms with Gasteiger partial charge in [0, 0.05) is 0 Å². The van der Waals surface area contributed by atoms with Crippen LogP contribution in [0.4, 0.5) is 0 Å². The maximum atomic E-state index is 8.99. The lowest BCUT2D eigenvalue weighted by Gasteiger charge is -2.06. The number of aromatic nitrogens is 3. The predicted octanol–water partition coefficient (Wildman–Crippen LogP) is 3.04. The van der Waals surface area contributed by atoms with Crippen LogP contribution in [0.25, 0.3) is 5.69 Å². The van der Waals surface area contributed by atoms with E-state index in [1.807, 2.05) is 19.1 Å². The number of unbranched alkanes of at least 4 members (excludes halogenated alkanes) is 1. The number of nitriles is 1. The van der Waals surface area contributed by atoms with Crippen LogP contribution in [0.1, 0.15) is 43.6 Å². The van der Waals surface area contributed by atoms with Crippen molar-refractivity contribution in [1.29, 1.82) is 5.26 Å². The van der Waals surface area contributed by atoms with Gasteiger partial charge >= 0.3 is 0 Å². The van der Waals surface area contributed by atoms with Crippen molar-refractivity contribution in [1.82, 2.24) is 15.0 Å². The van der Waals surface area contributed by atoms with Crippen molar-refractivity contribution in [2.24, 2.45) is 0 Å². The SMILES string of the molecule is CCCCc1ccc(-n2nnc(C#N)c2CC)cc1. The summed E-state index contributed by atoms with van der Waals surface area (Å²) in [6.45, 7) is 4.20. The lowest BCUT2D eigenvalue weighted by Crippen LogP contribution is -2.02. The molecule has 19 heavy (non-hydrogen) atoms. The summed E-state index contributed by atoms with van der Waals surface area (Å²) in [7, 11) is 0. The molecule has 1 aromatic heterocycles. The fourth-order valence-corrected chi connectivity index (χ4v) is 2.10. The molecular formula is C15H18N4. The van der Waals surface area contributed by atoms with Crippen LogP contribution in [0.15, 0.2) is 24.3 Å². The molecule has 0 bridgehead atoms. The van der Waals surface area contributed by atoms with Crippen molar-refractivity contribution < 1.29 is 0 Å². The summed E-state index contributed by atoms with van der Waals surface area (Å²) in [6.07, 6.45) is 4.27. The molecule has 0 atom stereocenters. The molecule has 98 valence electrons. The second-order valence-corrected chi connectivity index (χ2v) is 4.53.